The Hall–Kier alpha value is -2.03. The second-order valence-electron chi connectivity index (χ2n) is 5.86. The number of carbonyl (C=O) groups is 2. The van der Waals surface area contributed by atoms with E-state index in [1.165, 1.54) is 0 Å². The normalized spacial score (nSPS) is 20.5. The van der Waals surface area contributed by atoms with Crippen LogP contribution in [0.2, 0.25) is 0 Å². The molecular formula is C17H20N2O5S. The number of aryl methyl sites for hydroxylation is 1. The zero-order valence-electron chi connectivity index (χ0n) is 13.6. The zero-order chi connectivity index (χ0) is 17.6. The van der Waals surface area contributed by atoms with Crippen LogP contribution in [0.1, 0.15) is 17.8 Å². The van der Waals surface area contributed by atoms with Crippen molar-refractivity contribution in [2.24, 2.45) is 0 Å². The van der Waals surface area contributed by atoms with E-state index < -0.39 is 5.97 Å². The third-order valence-electron chi connectivity index (χ3n) is 3.96. The highest BCUT2D eigenvalue weighted by Gasteiger charge is 2.28. The van der Waals surface area contributed by atoms with Crippen molar-refractivity contribution in [3.63, 3.8) is 0 Å². The Labute approximate surface area is 149 Å². The van der Waals surface area contributed by atoms with Gasteiger partial charge in [0.25, 0.3) is 0 Å². The van der Waals surface area contributed by atoms with Crippen molar-refractivity contribution in [2.75, 3.05) is 19.8 Å². The number of nitrogens with zero attached hydrogens (tertiary/aromatic N) is 1. The van der Waals surface area contributed by atoms with Gasteiger partial charge < -0.3 is 19.9 Å². The summed E-state index contributed by atoms with van der Waals surface area (Å²) in [6.45, 7) is 0.461. The minimum Gasteiger partial charge on any atom is -0.480 e. The summed E-state index contributed by atoms with van der Waals surface area (Å²) in [5, 5.41) is 12.6. The van der Waals surface area contributed by atoms with E-state index in [2.05, 4.69) is 10.3 Å². The molecule has 2 heterocycles. The van der Waals surface area contributed by atoms with Gasteiger partial charge >= 0.3 is 5.97 Å². The molecule has 1 amide bonds. The minimum absolute atomic E-state index is 0.112. The second-order valence-corrected chi connectivity index (χ2v) is 6.97. The molecule has 3 rings (SSSR count). The van der Waals surface area contributed by atoms with E-state index in [0.717, 1.165) is 15.2 Å². The fourth-order valence-electron chi connectivity index (χ4n) is 2.76. The van der Waals surface area contributed by atoms with E-state index in [1.807, 2.05) is 24.3 Å². The molecule has 1 fully saturated rings. The van der Waals surface area contributed by atoms with Crippen molar-refractivity contribution in [2.45, 2.75) is 31.4 Å². The van der Waals surface area contributed by atoms with Gasteiger partial charge in [0.05, 0.1) is 34.0 Å². The predicted molar refractivity (Wildman–Crippen MR) is 92.7 cm³/mol. The molecule has 25 heavy (non-hydrogen) atoms. The van der Waals surface area contributed by atoms with Gasteiger partial charge in [0, 0.05) is 19.4 Å². The van der Waals surface area contributed by atoms with Gasteiger partial charge in [0.2, 0.25) is 5.91 Å². The standard InChI is InChI=1S/C17H20N2O5S/c20-15(5-6-16-19-11-3-1-2-4-14(11)25-16)18-12-9-23-8-7-13(12)24-10-17(21)22/h1-4,12-13H,5-10H2,(H,18,20)(H,21,22)/t12-,13+/m1/s1. The topological polar surface area (TPSA) is 97.8 Å². The van der Waals surface area contributed by atoms with Crippen LogP contribution in [0.25, 0.3) is 10.2 Å². The first-order valence-corrected chi connectivity index (χ1v) is 8.98. The highest BCUT2D eigenvalue weighted by molar-refractivity contribution is 7.18. The van der Waals surface area contributed by atoms with Crippen molar-refractivity contribution in [3.8, 4) is 0 Å². The van der Waals surface area contributed by atoms with Crippen LogP contribution in [0.5, 0.6) is 0 Å². The van der Waals surface area contributed by atoms with E-state index >= 15 is 0 Å². The second kappa shape index (κ2) is 8.37. The molecule has 0 radical (unpaired) electrons. The number of hydrogen-bond donors (Lipinski definition) is 2. The monoisotopic (exact) mass is 364 g/mol. The average Bonchev–Trinajstić information content (AvgIpc) is 3.02. The predicted octanol–water partition coefficient (Wildman–Crippen LogP) is 1.60. The SMILES string of the molecule is O=C(O)CO[C@H]1CCOC[C@H]1NC(=O)CCc1nc2ccccc2s1. The van der Waals surface area contributed by atoms with Crippen molar-refractivity contribution in [3.05, 3.63) is 29.3 Å². The number of thiazole rings is 1. The summed E-state index contributed by atoms with van der Waals surface area (Å²) in [4.78, 5) is 27.4. The number of benzene rings is 1. The number of fused-ring (bicyclic) bond motifs is 1. The maximum Gasteiger partial charge on any atom is 0.329 e. The van der Waals surface area contributed by atoms with Gasteiger partial charge in [-0.1, -0.05) is 12.1 Å². The third kappa shape index (κ3) is 4.97. The largest absolute Gasteiger partial charge is 0.480 e. The van der Waals surface area contributed by atoms with Crippen molar-refractivity contribution >= 4 is 33.4 Å². The highest BCUT2D eigenvalue weighted by Crippen LogP contribution is 2.22. The number of para-hydroxylation sites is 1. The van der Waals surface area contributed by atoms with Gasteiger partial charge in [0.15, 0.2) is 0 Å². The number of amides is 1. The third-order valence-corrected chi connectivity index (χ3v) is 5.06. The molecule has 2 aromatic rings. The lowest BCUT2D eigenvalue weighted by atomic mass is 10.1. The van der Waals surface area contributed by atoms with Crippen molar-refractivity contribution < 1.29 is 24.2 Å². The Morgan fingerprint density at radius 1 is 1.40 bits per heavy atom. The molecule has 1 aliphatic heterocycles. The van der Waals surface area contributed by atoms with E-state index in [4.69, 9.17) is 14.6 Å². The smallest absolute Gasteiger partial charge is 0.329 e. The number of aliphatic carboxylic acids is 1. The fourth-order valence-corrected chi connectivity index (χ4v) is 3.72. The lowest BCUT2D eigenvalue weighted by Crippen LogP contribution is -2.51. The molecule has 0 saturated carbocycles. The van der Waals surface area contributed by atoms with Gasteiger partial charge in [-0.25, -0.2) is 9.78 Å². The molecule has 1 saturated heterocycles. The van der Waals surface area contributed by atoms with Crippen LogP contribution in [0.4, 0.5) is 0 Å². The maximum atomic E-state index is 12.2. The number of carboxylic acids is 1. The summed E-state index contributed by atoms with van der Waals surface area (Å²) >= 11 is 1.59. The number of ether oxygens (including phenoxy) is 2. The Morgan fingerprint density at radius 2 is 2.24 bits per heavy atom. The zero-order valence-corrected chi connectivity index (χ0v) is 14.5. The van der Waals surface area contributed by atoms with Crippen LogP contribution < -0.4 is 5.32 Å². The van der Waals surface area contributed by atoms with E-state index in [-0.39, 0.29) is 24.7 Å². The number of rotatable bonds is 7. The summed E-state index contributed by atoms with van der Waals surface area (Å²) in [7, 11) is 0. The molecule has 0 bridgehead atoms. The van der Waals surface area contributed by atoms with E-state index in [9.17, 15) is 9.59 Å². The highest BCUT2D eigenvalue weighted by atomic mass is 32.1. The Balaban J connectivity index is 1.51. The average molecular weight is 364 g/mol. The molecule has 1 aromatic heterocycles. The lowest BCUT2D eigenvalue weighted by molar-refractivity contribution is -0.148. The van der Waals surface area contributed by atoms with Gasteiger partial charge in [-0.05, 0) is 18.6 Å². The molecule has 1 aliphatic rings. The number of aromatic nitrogens is 1. The Morgan fingerprint density at radius 3 is 3.04 bits per heavy atom. The molecule has 0 spiro atoms. The van der Waals surface area contributed by atoms with E-state index in [0.29, 0.717) is 32.5 Å². The first kappa shape index (κ1) is 17.8. The lowest BCUT2D eigenvalue weighted by Gasteiger charge is -2.31. The summed E-state index contributed by atoms with van der Waals surface area (Å²) in [5.41, 5.74) is 0.950. The van der Waals surface area contributed by atoms with Crippen LogP contribution in [-0.2, 0) is 25.5 Å². The van der Waals surface area contributed by atoms with Gasteiger partial charge in [-0.2, -0.15) is 0 Å². The molecule has 134 valence electrons. The molecule has 8 heteroatoms. The van der Waals surface area contributed by atoms with Crippen LogP contribution in [0.15, 0.2) is 24.3 Å². The van der Waals surface area contributed by atoms with Crippen LogP contribution in [0.3, 0.4) is 0 Å². The number of carboxylic acid groups (broad SMARTS) is 1. The molecular weight excluding hydrogens is 344 g/mol. The summed E-state index contributed by atoms with van der Waals surface area (Å²) in [6, 6.07) is 7.56. The molecule has 0 aliphatic carbocycles. The minimum atomic E-state index is -1.02. The molecule has 7 nitrogen and oxygen atoms in total. The maximum absolute atomic E-state index is 12.2. The molecule has 0 unspecified atom stereocenters. The van der Waals surface area contributed by atoms with Crippen molar-refractivity contribution in [1.29, 1.82) is 0 Å². The number of hydrogen-bond acceptors (Lipinski definition) is 6. The van der Waals surface area contributed by atoms with E-state index in [1.54, 1.807) is 11.3 Å². The Bertz CT molecular complexity index is 714. The van der Waals surface area contributed by atoms with Gasteiger partial charge in [-0.3, -0.25) is 4.79 Å². The van der Waals surface area contributed by atoms with Crippen LogP contribution in [0, 0.1) is 0 Å². The summed E-state index contributed by atoms with van der Waals surface area (Å²) in [5.74, 6) is -1.13. The van der Waals surface area contributed by atoms with Crippen molar-refractivity contribution in [1.82, 2.24) is 10.3 Å². The Kier molecular flexibility index (Phi) is 5.95. The van der Waals surface area contributed by atoms with Gasteiger partial charge in [-0.15, -0.1) is 11.3 Å². The number of nitrogens with one attached hydrogen (secondary N) is 1. The first-order chi connectivity index (χ1) is 12.1. The number of carbonyl (C=O) groups excluding carboxylic acids is 1. The summed E-state index contributed by atoms with van der Waals surface area (Å²) in [6.07, 6.45) is 1.12. The van der Waals surface area contributed by atoms with Crippen LogP contribution in [-0.4, -0.2) is 53.9 Å². The quantitative estimate of drug-likeness (QED) is 0.774. The van der Waals surface area contributed by atoms with Crippen LogP contribution >= 0.6 is 11.3 Å². The first-order valence-electron chi connectivity index (χ1n) is 8.17. The summed E-state index contributed by atoms with van der Waals surface area (Å²) < 4.78 is 11.8. The molecule has 2 atom stereocenters. The molecule has 2 N–H and O–H groups in total. The molecule has 1 aromatic carbocycles. The van der Waals surface area contributed by atoms with Gasteiger partial charge in [0.1, 0.15) is 6.61 Å². The fraction of sp³-hybridized carbons (Fsp3) is 0.471.